The highest BCUT2D eigenvalue weighted by atomic mass is 16.3. The van der Waals surface area contributed by atoms with Gasteiger partial charge >= 0.3 is 0 Å². The zero-order valence-electron chi connectivity index (χ0n) is 31.4. The number of furan rings is 1. The monoisotopic (exact) mass is 650 g/mol. The van der Waals surface area contributed by atoms with Crippen LogP contribution < -0.4 is 0 Å². The van der Waals surface area contributed by atoms with Gasteiger partial charge < -0.3 is 4.42 Å². The predicted octanol–water partition coefficient (Wildman–Crippen LogP) is 14.4. The minimum absolute atomic E-state index is 0.0775. The van der Waals surface area contributed by atoms with E-state index in [-0.39, 0.29) is 29.7 Å². The van der Waals surface area contributed by atoms with E-state index in [4.69, 9.17) is 4.42 Å². The Balaban J connectivity index is 1.24. The summed E-state index contributed by atoms with van der Waals surface area (Å²) in [6.45, 7) is 0. The van der Waals surface area contributed by atoms with E-state index in [1.54, 1.807) is 0 Å². The molecular formula is C50H30O. The van der Waals surface area contributed by atoms with E-state index in [9.17, 15) is 5.48 Å². The maximum atomic E-state index is 9.68. The van der Waals surface area contributed by atoms with Gasteiger partial charge in [0, 0.05) is 16.3 Å². The number of fused-ring (bicyclic) bond motifs is 9. The molecule has 0 saturated heterocycles. The van der Waals surface area contributed by atoms with Gasteiger partial charge in [0.2, 0.25) is 0 Å². The first-order valence-corrected chi connectivity index (χ1v) is 17.3. The summed E-state index contributed by atoms with van der Waals surface area (Å²) in [5, 5.41) is 11.9. The molecule has 11 rings (SSSR count). The Morgan fingerprint density at radius 3 is 1.75 bits per heavy atom. The molecule has 0 amide bonds. The molecule has 0 fully saturated rings. The second-order valence-electron chi connectivity index (χ2n) is 13.3. The number of rotatable bonds is 3. The number of hydrogen-bond acceptors (Lipinski definition) is 1. The topological polar surface area (TPSA) is 13.1 Å². The van der Waals surface area contributed by atoms with E-state index in [0.29, 0.717) is 27.9 Å². The highest BCUT2D eigenvalue weighted by molar-refractivity contribution is 6.21. The minimum atomic E-state index is -0.0905. The first-order chi connectivity index (χ1) is 27.0. The Bertz CT molecular complexity index is 3400. The van der Waals surface area contributed by atoms with Gasteiger partial charge in [-0.2, -0.15) is 0 Å². The van der Waals surface area contributed by atoms with E-state index in [2.05, 4.69) is 84.9 Å². The molecule has 0 unspecified atom stereocenters. The van der Waals surface area contributed by atoms with Gasteiger partial charge in [0.1, 0.15) is 11.2 Å². The van der Waals surface area contributed by atoms with Gasteiger partial charge in [-0.3, -0.25) is 0 Å². The molecular weight excluding hydrogens is 617 g/mol. The standard InChI is InChI=1S/C50H30O/c1-2-13-36-30-47-46(28-35(36)12-1)49-41(26-27-44(50(49)51-47)42-19-9-15-31-10-3-6-16-38(31)42)33-20-22-34(23-21-33)48-40-18-8-5-14-37(40)29-45-39-17-7-4-11-32(39)24-25-43(45)48/h1-30H/i20D,21D,22D,23D. The molecule has 0 aliphatic carbocycles. The van der Waals surface area contributed by atoms with Crippen LogP contribution in [0, 0.1) is 0 Å². The Morgan fingerprint density at radius 1 is 0.353 bits per heavy atom. The summed E-state index contributed by atoms with van der Waals surface area (Å²) in [6, 6.07) is 53.0. The van der Waals surface area contributed by atoms with Crippen LogP contribution in [0.5, 0.6) is 0 Å². The summed E-state index contributed by atoms with van der Waals surface area (Å²) in [4.78, 5) is 0. The van der Waals surface area contributed by atoms with Gasteiger partial charge in [-0.15, -0.1) is 0 Å². The number of benzene rings is 10. The summed E-state index contributed by atoms with van der Waals surface area (Å²) in [7, 11) is 0. The zero-order chi connectivity index (χ0) is 36.9. The molecule has 1 heteroatoms. The van der Waals surface area contributed by atoms with E-state index < -0.39 is 0 Å². The van der Waals surface area contributed by atoms with E-state index in [1.807, 2.05) is 72.8 Å². The average molecular weight is 651 g/mol. The fraction of sp³-hybridized carbons (Fsp3) is 0. The first kappa shape index (κ1) is 24.4. The number of hydrogen-bond donors (Lipinski definition) is 0. The molecule has 51 heavy (non-hydrogen) atoms. The molecule has 0 aliphatic rings. The van der Waals surface area contributed by atoms with Crippen LogP contribution in [0.3, 0.4) is 0 Å². The smallest absolute Gasteiger partial charge is 0.143 e. The van der Waals surface area contributed by atoms with Crippen LogP contribution in [0.1, 0.15) is 5.48 Å². The lowest BCUT2D eigenvalue weighted by Crippen LogP contribution is -1.88. The van der Waals surface area contributed by atoms with Crippen molar-refractivity contribution < 1.29 is 9.90 Å². The lowest BCUT2D eigenvalue weighted by Gasteiger charge is -2.15. The fourth-order valence-electron chi connectivity index (χ4n) is 8.11. The third kappa shape index (κ3) is 4.28. The minimum Gasteiger partial charge on any atom is -0.455 e. The van der Waals surface area contributed by atoms with Crippen LogP contribution in [0.15, 0.2) is 186 Å². The van der Waals surface area contributed by atoms with Gasteiger partial charge in [-0.1, -0.05) is 158 Å². The van der Waals surface area contributed by atoms with Crippen LogP contribution in [-0.4, -0.2) is 0 Å². The normalized spacial score (nSPS) is 13.0. The van der Waals surface area contributed by atoms with Crippen molar-refractivity contribution in [2.45, 2.75) is 0 Å². The Kier molecular flexibility index (Phi) is 5.22. The highest BCUT2D eigenvalue weighted by Crippen LogP contribution is 2.45. The molecule has 1 heterocycles. The second-order valence-corrected chi connectivity index (χ2v) is 13.3. The van der Waals surface area contributed by atoms with E-state index in [1.165, 1.54) is 0 Å². The Hall–Kier alpha value is -6.70. The summed E-state index contributed by atoms with van der Waals surface area (Å²) < 4.78 is 45.5. The van der Waals surface area contributed by atoms with Gasteiger partial charge in [0.25, 0.3) is 0 Å². The third-order valence-corrected chi connectivity index (χ3v) is 10.5. The van der Waals surface area contributed by atoms with Gasteiger partial charge in [-0.05, 0) is 106 Å². The molecule has 0 aliphatic heterocycles. The fourth-order valence-corrected chi connectivity index (χ4v) is 8.11. The van der Waals surface area contributed by atoms with Crippen LogP contribution >= 0.6 is 0 Å². The van der Waals surface area contributed by atoms with Crippen molar-refractivity contribution in [3.8, 4) is 33.4 Å². The van der Waals surface area contributed by atoms with Gasteiger partial charge in [0.05, 0.1) is 5.48 Å². The molecule has 1 nitrogen and oxygen atoms in total. The maximum Gasteiger partial charge on any atom is 0.143 e. The molecule has 0 radical (unpaired) electrons. The maximum absolute atomic E-state index is 9.68. The molecule has 236 valence electrons. The predicted molar refractivity (Wildman–Crippen MR) is 218 cm³/mol. The van der Waals surface area contributed by atoms with Crippen LogP contribution in [0.4, 0.5) is 0 Å². The molecule has 0 saturated carbocycles. The molecule has 0 bridgehead atoms. The molecule has 0 spiro atoms. The zero-order valence-corrected chi connectivity index (χ0v) is 27.4. The molecule has 11 aromatic rings. The highest BCUT2D eigenvalue weighted by Gasteiger charge is 2.20. The first-order valence-electron chi connectivity index (χ1n) is 19.3. The molecule has 10 aromatic carbocycles. The van der Waals surface area contributed by atoms with Crippen molar-refractivity contribution in [2.75, 3.05) is 0 Å². The SMILES string of the molecule is [2H]c1c([2H])c(-c2ccc(-c3cccc4ccccc34)c3oc4cc5ccccc5cc4c23)c([2H])c([2H])c1-c1c2ccccc2cc2c1ccc1ccccc12. The van der Waals surface area contributed by atoms with Crippen LogP contribution in [0.25, 0.3) is 109 Å². The molecule has 1 aromatic heterocycles. The van der Waals surface area contributed by atoms with Crippen molar-refractivity contribution in [3.63, 3.8) is 0 Å². The molecule has 0 N–H and O–H groups in total. The van der Waals surface area contributed by atoms with E-state index in [0.717, 1.165) is 75.8 Å². The van der Waals surface area contributed by atoms with Crippen molar-refractivity contribution in [1.29, 1.82) is 0 Å². The molecule has 0 atom stereocenters. The van der Waals surface area contributed by atoms with Crippen LogP contribution in [-0.2, 0) is 0 Å². The van der Waals surface area contributed by atoms with Crippen molar-refractivity contribution in [2.24, 2.45) is 0 Å². The second kappa shape index (κ2) is 10.9. The van der Waals surface area contributed by atoms with Crippen LogP contribution in [0.2, 0.25) is 0 Å². The third-order valence-electron chi connectivity index (χ3n) is 10.5. The lowest BCUT2D eigenvalue weighted by molar-refractivity contribution is 0.670. The Morgan fingerprint density at radius 2 is 0.941 bits per heavy atom. The van der Waals surface area contributed by atoms with Crippen molar-refractivity contribution in [3.05, 3.63) is 182 Å². The average Bonchev–Trinajstić information content (AvgIpc) is 3.60. The van der Waals surface area contributed by atoms with Gasteiger partial charge in [0.15, 0.2) is 0 Å². The summed E-state index contributed by atoms with van der Waals surface area (Å²) >= 11 is 0. The summed E-state index contributed by atoms with van der Waals surface area (Å²) in [6.07, 6.45) is 0. The Labute approximate surface area is 300 Å². The van der Waals surface area contributed by atoms with Crippen molar-refractivity contribution >= 4 is 75.8 Å². The lowest BCUT2D eigenvalue weighted by atomic mass is 9.88. The largest absolute Gasteiger partial charge is 0.455 e. The van der Waals surface area contributed by atoms with Crippen molar-refractivity contribution in [1.82, 2.24) is 0 Å². The van der Waals surface area contributed by atoms with Gasteiger partial charge in [-0.25, -0.2) is 0 Å². The summed E-state index contributed by atoms with van der Waals surface area (Å²) in [5.74, 6) is 0. The quantitative estimate of drug-likeness (QED) is 0.137. The summed E-state index contributed by atoms with van der Waals surface area (Å²) in [5.41, 5.74) is 5.11. The van der Waals surface area contributed by atoms with E-state index >= 15 is 0 Å².